The molecular formula is C29H38N4O8S2. The third-order valence-electron chi connectivity index (χ3n) is 6.67. The molecule has 2 amide bonds. The molecular weight excluding hydrogens is 596 g/mol. The van der Waals surface area contributed by atoms with Gasteiger partial charge in [-0.2, -0.15) is 12.7 Å². The van der Waals surface area contributed by atoms with Gasteiger partial charge in [-0.1, -0.05) is 30.3 Å². The fourth-order valence-corrected chi connectivity index (χ4v) is 6.51. The molecule has 0 unspecified atom stereocenters. The summed E-state index contributed by atoms with van der Waals surface area (Å²) in [4.78, 5) is 33.3. The predicted molar refractivity (Wildman–Crippen MR) is 163 cm³/mol. The van der Waals surface area contributed by atoms with Gasteiger partial charge in [0.2, 0.25) is 0 Å². The second kappa shape index (κ2) is 15.8. The summed E-state index contributed by atoms with van der Waals surface area (Å²) in [6, 6.07) is 13.2. The number of nitrogens with zero attached hydrogens (tertiary/aromatic N) is 3. The van der Waals surface area contributed by atoms with E-state index < -0.39 is 29.3 Å². The Bertz CT molecular complexity index is 1460. The minimum atomic E-state index is -4.34. The van der Waals surface area contributed by atoms with Crippen LogP contribution in [0, 0.1) is 13.8 Å². The number of hydrogen-bond acceptors (Lipinski definition) is 10. The van der Waals surface area contributed by atoms with Crippen LogP contribution in [0.3, 0.4) is 0 Å². The first-order chi connectivity index (χ1) is 20.5. The highest BCUT2D eigenvalue weighted by Gasteiger charge is 2.27. The molecule has 0 bridgehead atoms. The van der Waals surface area contributed by atoms with Crippen LogP contribution in [0.5, 0.6) is 11.5 Å². The van der Waals surface area contributed by atoms with Gasteiger partial charge < -0.3 is 24.6 Å². The van der Waals surface area contributed by atoms with Crippen molar-refractivity contribution in [1.29, 1.82) is 0 Å². The minimum absolute atomic E-state index is 0.0822. The summed E-state index contributed by atoms with van der Waals surface area (Å²) in [6.07, 6.45) is 1.41. The minimum Gasteiger partial charge on any atom is -0.496 e. The van der Waals surface area contributed by atoms with Gasteiger partial charge >= 0.3 is 10.2 Å². The van der Waals surface area contributed by atoms with Gasteiger partial charge in [0.1, 0.15) is 22.2 Å². The average molecular weight is 635 g/mol. The second-order valence-electron chi connectivity index (χ2n) is 9.62. The maximum Gasteiger partial charge on any atom is 0.304 e. The number of carbonyl (C=O) groups is 2. The zero-order valence-electron chi connectivity index (χ0n) is 24.7. The first-order valence-electron chi connectivity index (χ1n) is 13.6. The molecule has 3 aromatic rings. The Morgan fingerprint density at radius 2 is 1.58 bits per heavy atom. The third kappa shape index (κ3) is 8.97. The van der Waals surface area contributed by atoms with Gasteiger partial charge in [-0.15, -0.1) is 11.3 Å². The Balaban J connectivity index is 1.87. The number of benzene rings is 2. The Morgan fingerprint density at radius 1 is 0.977 bits per heavy atom. The van der Waals surface area contributed by atoms with Crippen LogP contribution >= 0.6 is 11.3 Å². The smallest absolute Gasteiger partial charge is 0.304 e. The molecule has 0 spiro atoms. The van der Waals surface area contributed by atoms with Gasteiger partial charge in [0.15, 0.2) is 0 Å². The molecule has 12 nitrogen and oxygen atoms in total. The van der Waals surface area contributed by atoms with Crippen molar-refractivity contribution in [3.63, 3.8) is 0 Å². The van der Waals surface area contributed by atoms with Gasteiger partial charge in [0.05, 0.1) is 34.0 Å². The van der Waals surface area contributed by atoms with Gasteiger partial charge in [-0.05, 0) is 44.4 Å². The number of thiazole rings is 1. The van der Waals surface area contributed by atoms with E-state index in [0.29, 0.717) is 39.9 Å². The predicted octanol–water partition coefficient (Wildman–Crippen LogP) is 2.31. The van der Waals surface area contributed by atoms with Gasteiger partial charge in [-0.25, -0.2) is 9.71 Å². The lowest BCUT2D eigenvalue weighted by Crippen LogP contribution is -2.46. The lowest BCUT2D eigenvalue weighted by Gasteiger charge is -2.23. The molecule has 0 aliphatic carbocycles. The zero-order valence-corrected chi connectivity index (χ0v) is 26.3. The number of carbonyl (C=O) groups excluding carboxylic acids is 2. The fraction of sp³-hybridized carbons (Fsp3) is 0.414. The van der Waals surface area contributed by atoms with Gasteiger partial charge in [-0.3, -0.25) is 9.59 Å². The van der Waals surface area contributed by atoms with Crippen LogP contribution in [-0.4, -0.2) is 91.7 Å². The van der Waals surface area contributed by atoms with E-state index in [2.05, 4.69) is 4.98 Å². The molecule has 0 aliphatic heterocycles. The molecule has 234 valence electrons. The second-order valence-corrected chi connectivity index (χ2v) is 12.6. The Hall–Kier alpha value is -3.56. The molecule has 0 fully saturated rings. The maximum absolute atomic E-state index is 13.8. The third-order valence-corrected chi connectivity index (χ3v) is 9.11. The lowest BCUT2D eigenvalue weighted by molar-refractivity contribution is 0.0740. The van der Waals surface area contributed by atoms with Crippen LogP contribution in [0.1, 0.15) is 48.3 Å². The van der Waals surface area contributed by atoms with E-state index in [-0.39, 0.29) is 31.2 Å². The quantitative estimate of drug-likeness (QED) is 0.215. The maximum atomic E-state index is 13.8. The number of aromatic nitrogens is 1. The largest absolute Gasteiger partial charge is 0.496 e. The van der Waals surface area contributed by atoms with Crippen LogP contribution in [0.2, 0.25) is 0 Å². The van der Waals surface area contributed by atoms with Gasteiger partial charge in [0.25, 0.3) is 11.8 Å². The van der Waals surface area contributed by atoms with Crippen LogP contribution < -0.4 is 14.2 Å². The van der Waals surface area contributed by atoms with E-state index in [4.69, 9.17) is 9.47 Å². The van der Waals surface area contributed by atoms with Crippen molar-refractivity contribution < 1.29 is 37.7 Å². The highest BCUT2D eigenvalue weighted by atomic mass is 32.2. The highest BCUT2D eigenvalue weighted by Crippen LogP contribution is 2.30. The highest BCUT2D eigenvalue weighted by molar-refractivity contribution is 7.87. The van der Waals surface area contributed by atoms with Crippen LogP contribution in [-0.2, 0) is 23.2 Å². The van der Waals surface area contributed by atoms with Crippen LogP contribution in [0.25, 0.3) is 0 Å². The first kappa shape index (κ1) is 33.9. The summed E-state index contributed by atoms with van der Waals surface area (Å²) in [5.41, 5.74) is 2.17. The molecule has 2 aromatic carbocycles. The van der Waals surface area contributed by atoms with E-state index in [1.165, 1.54) is 25.6 Å². The topological polar surface area (TPSA) is 159 Å². The molecule has 0 saturated heterocycles. The number of aliphatic hydroxyl groups excluding tert-OH is 2. The van der Waals surface area contributed by atoms with Crippen molar-refractivity contribution in [3.8, 4) is 11.5 Å². The number of ether oxygens (including phenoxy) is 2. The molecule has 1 heterocycles. The van der Waals surface area contributed by atoms with Crippen molar-refractivity contribution in [2.75, 3.05) is 47.1 Å². The van der Waals surface area contributed by atoms with Crippen molar-refractivity contribution in [3.05, 3.63) is 74.7 Å². The van der Waals surface area contributed by atoms with Crippen molar-refractivity contribution in [2.45, 2.75) is 33.2 Å². The Labute approximate surface area is 256 Å². The zero-order chi connectivity index (χ0) is 31.6. The normalized spacial score (nSPS) is 11.4. The van der Waals surface area contributed by atoms with E-state index in [9.17, 15) is 28.2 Å². The number of rotatable bonds is 16. The van der Waals surface area contributed by atoms with E-state index in [0.717, 1.165) is 21.9 Å². The number of amides is 2. The molecule has 1 aromatic heterocycles. The van der Waals surface area contributed by atoms with E-state index in [1.54, 1.807) is 24.0 Å². The molecule has 3 rings (SSSR count). The van der Waals surface area contributed by atoms with Crippen molar-refractivity contribution in [2.24, 2.45) is 0 Å². The molecule has 14 heteroatoms. The Kier molecular flexibility index (Phi) is 12.5. The lowest BCUT2D eigenvalue weighted by atomic mass is 10.1. The molecule has 0 radical (unpaired) electrons. The van der Waals surface area contributed by atoms with Crippen molar-refractivity contribution in [1.82, 2.24) is 18.9 Å². The van der Waals surface area contributed by atoms with Crippen molar-refractivity contribution >= 4 is 33.4 Å². The van der Waals surface area contributed by atoms with Crippen LogP contribution in [0.15, 0.2) is 42.5 Å². The molecule has 43 heavy (non-hydrogen) atoms. The summed E-state index contributed by atoms with van der Waals surface area (Å²) in [7, 11) is -1.30. The molecule has 0 saturated carbocycles. The molecule has 0 aliphatic rings. The van der Waals surface area contributed by atoms with E-state index in [1.807, 2.05) is 42.0 Å². The summed E-state index contributed by atoms with van der Waals surface area (Å²) >= 11 is 1.18. The molecule has 0 atom stereocenters. The average Bonchev–Trinajstić information content (AvgIpc) is 3.36. The number of aryl methyl sites for hydroxylation is 2. The first-order valence-corrected chi connectivity index (χ1v) is 15.9. The van der Waals surface area contributed by atoms with Crippen LogP contribution in [0.4, 0.5) is 0 Å². The molecule has 3 N–H and O–H groups in total. The summed E-state index contributed by atoms with van der Waals surface area (Å²) in [6.45, 7) is 2.39. The number of aliphatic hydroxyl groups is 2. The summed E-state index contributed by atoms with van der Waals surface area (Å²) in [5.74, 6) is -0.215. The number of hydrogen-bond donors (Lipinski definition) is 3. The SMILES string of the molecule is COc1cc(C(=O)N(CCCc2ccccc2)Cc2nc(C(=O)NS(=O)(=O)N(CCO)CCO)c(C)s2)cc(OC)c1C. The monoisotopic (exact) mass is 634 g/mol. The number of nitrogens with one attached hydrogen (secondary N) is 1. The van der Waals surface area contributed by atoms with Gasteiger partial charge in [0, 0.05) is 35.6 Å². The van der Waals surface area contributed by atoms with E-state index >= 15 is 0 Å². The summed E-state index contributed by atoms with van der Waals surface area (Å²) in [5, 5.41) is 18.8. The standard InChI is InChI=1S/C29H38N4O8S2/c1-20-24(40-3)17-23(18-25(20)41-4)29(37)32(12-8-11-22-9-6-5-7-10-22)19-26-30-27(21(2)42-26)28(36)31-43(38,39)33(13-15-34)14-16-35/h5-7,9-10,17-18,34-35H,8,11-16,19H2,1-4H3,(H,31,36). The number of methoxy groups -OCH3 is 2. The summed E-state index contributed by atoms with van der Waals surface area (Å²) < 4.78 is 39.0. The fourth-order valence-electron chi connectivity index (χ4n) is 4.46. The Morgan fingerprint density at radius 3 is 2.14 bits per heavy atom.